The van der Waals surface area contributed by atoms with Crippen molar-refractivity contribution in [3.05, 3.63) is 29.3 Å². The highest BCUT2D eigenvalue weighted by molar-refractivity contribution is 6.76. The van der Waals surface area contributed by atoms with Gasteiger partial charge >= 0.3 is 0 Å². The van der Waals surface area contributed by atoms with Gasteiger partial charge < -0.3 is 14.3 Å². The first-order valence-corrected chi connectivity index (χ1v) is 10.9. The average Bonchev–Trinajstić information content (AvgIpc) is 2.36. The molecule has 1 aromatic rings. The summed E-state index contributed by atoms with van der Waals surface area (Å²) in [5.41, 5.74) is 2.25. The standard InChI is InChI=1S/C16H26O3Si/c1-14-12-15(6-5-9-17)7-8-16(14)19-13-18-10-11-20(2,3)4/h7-9,12H,5-6,10-11,13H2,1-4H3. The van der Waals surface area contributed by atoms with Gasteiger partial charge in [0.15, 0.2) is 6.79 Å². The van der Waals surface area contributed by atoms with Gasteiger partial charge in [0.05, 0.1) is 0 Å². The molecule has 0 bridgehead atoms. The summed E-state index contributed by atoms with van der Waals surface area (Å²) in [6.45, 7) is 10.1. The molecule has 1 aromatic carbocycles. The second-order valence-corrected chi connectivity index (χ2v) is 11.9. The van der Waals surface area contributed by atoms with Crippen molar-refractivity contribution < 1.29 is 14.3 Å². The molecule has 0 heterocycles. The summed E-state index contributed by atoms with van der Waals surface area (Å²) < 4.78 is 11.2. The molecule has 112 valence electrons. The first-order valence-electron chi connectivity index (χ1n) is 7.16. The number of hydrogen-bond acceptors (Lipinski definition) is 3. The number of hydrogen-bond donors (Lipinski definition) is 0. The van der Waals surface area contributed by atoms with Gasteiger partial charge in [0.2, 0.25) is 0 Å². The van der Waals surface area contributed by atoms with Crippen LogP contribution in [0.4, 0.5) is 0 Å². The van der Waals surface area contributed by atoms with Crippen molar-refractivity contribution in [2.75, 3.05) is 13.4 Å². The van der Waals surface area contributed by atoms with Crippen molar-refractivity contribution in [2.24, 2.45) is 0 Å². The zero-order chi connectivity index (χ0) is 15.0. The van der Waals surface area contributed by atoms with E-state index in [0.717, 1.165) is 36.7 Å². The summed E-state index contributed by atoms with van der Waals surface area (Å²) in [6, 6.07) is 7.19. The zero-order valence-corrected chi connectivity index (χ0v) is 14.1. The maximum absolute atomic E-state index is 10.4. The number of carbonyl (C=O) groups excluding carboxylic acids is 1. The van der Waals surface area contributed by atoms with E-state index in [1.54, 1.807) is 0 Å². The Hall–Kier alpha value is -1.13. The molecule has 4 heteroatoms. The lowest BCUT2D eigenvalue weighted by molar-refractivity contribution is -0.107. The summed E-state index contributed by atoms with van der Waals surface area (Å²) in [6.07, 6.45) is 2.31. The van der Waals surface area contributed by atoms with Gasteiger partial charge in [0, 0.05) is 21.1 Å². The van der Waals surface area contributed by atoms with Crippen LogP contribution in [0.2, 0.25) is 25.7 Å². The van der Waals surface area contributed by atoms with Crippen molar-refractivity contribution in [1.82, 2.24) is 0 Å². The number of carbonyl (C=O) groups is 1. The van der Waals surface area contributed by atoms with E-state index >= 15 is 0 Å². The molecule has 0 unspecified atom stereocenters. The van der Waals surface area contributed by atoms with Gasteiger partial charge in [-0.2, -0.15) is 0 Å². The Morgan fingerprint density at radius 3 is 2.60 bits per heavy atom. The largest absolute Gasteiger partial charge is 0.467 e. The topological polar surface area (TPSA) is 35.5 Å². The van der Waals surface area contributed by atoms with Crippen LogP contribution in [0, 0.1) is 6.92 Å². The zero-order valence-electron chi connectivity index (χ0n) is 13.1. The average molecular weight is 294 g/mol. The molecule has 0 aliphatic rings. The van der Waals surface area contributed by atoms with Gasteiger partial charge in [-0.25, -0.2) is 0 Å². The van der Waals surface area contributed by atoms with E-state index in [9.17, 15) is 4.79 Å². The molecule has 0 aliphatic heterocycles. The number of aldehydes is 1. The fraction of sp³-hybridized carbons (Fsp3) is 0.562. The Balaban J connectivity index is 2.35. The molecule has 0 fully saturated rings. The highest BCUT2D eigenvalue weighted by Gasteiger charge is 2.12. The Labute approximate surface area is 123 Å². The van der Waals surface area contributed by atoms with Crippen molar-refractivity contribution in [1.29, 1.82) is 0 Å². The van der Waals surface area contributed by atoms with Gasteiger partial charge in [-0.05, 0) is 36.6 Å². The Morgan fingerprint density at radius 2 is 2.00 bits per heavy atom. The fourth-order valence-electron chi connectivity index (χ4n) is 1.80. The van der Waals surface area contributed by atoms with Crippen molar-refractivity contribution in [3.63, 3.8) is 0 Å². The van der Waals surface area contributed by atoms with Crippen molar-refractivity contribution >= 4 is 14.4 Å². The molecule has 0 saturated carbocycles. The van der Waals surface area contributed by atoms with Crippen LogP contribution in [-0.2, 0) is 16.0 Å². The van der Waals surface area contributed by atoms with Crippen LogP contribution in [0.5, 0.6) is 5.75 Å². The Bertz CT molecular complexity index is 424. The van der Waals surface area contributed by atoms with Gasteiger partial charge in [-0.1, -0.05) is 31.8 Å². The molecule has 0 aromatic heterocycles. The predicted molar refractivity (Wildman–Crippen MR) is 85.2 cm³/mol. The lowest BCUT2D eigenvalue weighted by atomic mass is 10.1. The molecule has 0 aliphatic carbocycles. The van der Waals surface area contributed by atoms with Gasteiger partial charge in [0.25, 0.3) is 0 Å². The summed E-state index contributed by atoms with van der Waals surface area (Å²) >= 11 is 0. The van der Waals surface area contributed by atoms with Gasteiger partial charge in [-0.15, -0.1) is 0 Å². The molecule has 20 heavy (non-hydrogen) atoms. The highest BCUT2D eigenvalue weighted by Crippen LogP contribution is 2.20. The first kappa shape index (κ1) is 16.9. The second-order valence-electron chi connectivity index (χ2n) is 6.29. The first-order chi connectivity index (χ1) is 9.42. The van der Waals surface area contributed by atoms with Crippen LogP contribution >= 0.6 is 0 Å². The molecule has 1 rings (SSSR count). The number of rotatable bonds is 9. The minimum Gasteiger partial charge on any atom is -0.467 e. The van der Waals surface area contributed by atoms with Crippen molar-refractivity contribution in [3.8, 4) is 5.75 Å². The summed E-state index contributed by atoms with van der Waals surface area (Å²) in [5, 5.41) is 0. The molecular formula is C16H26O3Si. The van der Waals surface area contributed by atoms with Crippen LogP contribution < -0.4 is 4.74 Å². The minimum atomic E-state index is -1.03. The molecular weight excluding hydrogens is 268 g/mol. The van der Waals surface area contributed by atoms with Crippen molar-refractivity contribution in [2.45, 2.75) is 45.5 Å². The van der Waals surface area contributed by atoms with Gasteiger partial charge in [-0.3, -0.25) is 0 Å². The molecule has 3 nitrogen and oxygen atoms in total. The van der Waals surface area contributed by atoms with E-state index in [0.29, 0.717) is 13.2 Å². The van der Waals surface area contributed by atoms with Crippen LogP contribution in [0.1, 0.15) is 17.5 Å². The van der Waals surface area contributed by atoms with E-state index in [-0.39, 0.29) is 0 Å². The molecule has 0 radical (unpaired) electrons. The summed E-state index contributed by atoms with van der Waals surface area (Å²) in [4.78, 5) is 10.4. The third-order valence-electron chi connectivity index (χ3n) is 3.08. The van der Waals surface area contributed by atoms with E-state index in [2.05, 4.69) is 25.7 Å². The lowest BCUT2D eigenvalue weighted by Crippen LogP contribution is -2.22. The lowest BCUT2D eigenvalue weighted by Gasteiger charge is -2.16. The molecule has 0 N–H and O–H groups in total. The minimum absolute atomic E-state index is 0.305. The van der Waals surface area contributed by atoms with Crippen LogP contribution in [0.3, 0.4) is 0 Å². The number of ether oxygens (including phenoxy) is 2. The summed E-state index contributed by atoms with van der Waals surface area (Å²) in [7, 11) is -1.03. The normalized spacial score (nSPS) is 11.4. The van der Waals surface area contributed by atoms with E-state index in [1.807, 2.05) is 19.1 Å². The maximum atomic E-state index is 10.4. The maximum Gasteiger partial charge on any atom is 0.189 e. The Morgan fingerprint density at radius 1 is 1.25 bits per heavy atom. The monoisotopic (exact) mass is 294 g/mol. The second kappa shape index (κ2) is 8.22. The van der Waals surface area contributed by atoms with Crippen LogP contribution in [0.15, 0.2) is 18.2 Å². The van der Waals surface area contributed by atoms with E-state index in [1.165, 1.54) is 5.56 Å². The SMILES string of the molecule is Cc1cc(CCC=O)ccc1OCOCC[Si](C)(C)C. The highest BCUT2D eigenvalue weighted by atomic mass is 28.3. The van der Waals surface area contributed by atoms with E-state index in [4.69, 9.17) is 9.47 Å². The number of aryl methyl sites for hydroxylation is 2. The van der Waals surface area contributed by atoms with Gasteiger partial charge in [0.1, 0.15) is 12.0 Å². The predicted octanol–water partition coefficient (Wildman–Crippen LogP) is 3.82. The number of benzene rings is 1. The quantitative estimate of drug-likeness (QED) is 0.301. The van der Waals surface area contributed by atoms with Crippen LogP contribution in [0.25, 0.3) is 0 Å². The molecule has 0 amide bonds. The van der Waals surface area contributed by atoms with Crippen LogP contribution in [-0.4, -0.2) is 27.8 Å². The molecule has 0 saturated heterocycles. The summed E-state index contributed by atoms with van der Waals surface area (Å²) in [5.74, 6) is 0.854. The Kier molecular flexibility index (Phi) is 6.95. The molecule has 0 atom stereocenters. The third-order valence-corrected chi connectivity index (χ3v) is 4.79. The molecule has 0 spiro atoms. The van der Waals surface area contributed by atoms with E-state index < -0.39 is 8.07 Å². The third kappa shape index (κ3) is 6.87. The fourth-order valence-corrected chi connectivity index (χ4v) is 2.55. The smallest absolute Gasteiger partial charge is 0.189 e.